The van der Waals surface area contributed by atoms with Gasteiger partial charge in [-0.15, -0.1) is 11.6 Å². The van der Waals surface area contributed by atoms with Crippen molar-refractivity contribution >= 4 is 22.6 Å². The molecule has 0 spiro atoms. The lowest BCUT2D eigenvalue weighted by Crippen LogP contribution is -2.05. The number of alkyl halides is 1. The Balaban J connectivity index is 2.11. The van der Waals surface area contributed by atoms with Crippen LogP contribution in [0.15, 0.2) is 34.7 Å². The van der Waals surface area contributed by atoms with Gasteiger partial charge >= 0.3 is 0 Å². The number of hydrogen-bond donors (Lipinski definition) is 0. The van der Waals surface area contributed by atoms with Gasteiger partial charge in [-0.25, -0.2) is 4.98 Å². The van der Waals surface area contributed by atoms with Crippen LogP contribution in [0.25, 0.3) is 11.0 Å². The fourth-order valence-corrected chi connectivity index (χ4v) is 2.68. The van der Waals surface area contributed by atoms with E-state index in [1.165, 1.54) is 0 Å². The molecule has 0 fully saturated rings. The van der Waals surface area contributed by atoms with E-state index in [1.54, 1.807) is 7.11 Å². The molecule has 0 N–H and O–H groups in total. The lowest BCUT2D eigenvalue weighted by molar-refractivity contribution is 0.419. The van der Waals surface area contributed by atoms with Crippen LogP contribution in [0.4, 0.5) is 0 Å². The zero-order valence-corrected chi connectivity index (χ0v) is 12.9. The number of imidazole rings is 1. The Morgan fingerprint density at radius 1 is 1.29 bits per heavy atom. The monoisotopic (exact) mass is 304 g/mol. The van der Waals surface area contributed by atoms with E-state index in [1.807, 2.05) is 37.3 Å². The quantitative estimate of drug-likeness (QED) is 0.674. The van der Waals surface area contributed by atoms with Crippen molar-refractivity contribution in [2.75, 3.05) is 13.0 Å². The SMILES string of the molecule is COc1cccc2c1nc(CCCl)n2Cc1ccc(C)o1. The van der Waals surface area contributed by atoms with Gasteiger partial charge in [0.15, 0.2) is 0 Å². The fourth-order valence-electron chi connectivity index (χ4n) is 2.51. The molecule has 0 aliphatic carbocycles. The van der Waals surface area contributed by atoms with Crippen molar-refractivity contribution in [1.82, 2.24) is 9.55 Å². The zero-order valence-electron chi connectivity index (χ0n) is 12.1. The molecule has 4 nitrogen and oxygen atoms in total. The number of nitrogens with zero attached hydrogens (tertiary/aromatic N) is 2. The third-order valence-electron chi connectivity index (χ3n) is 3.47. The highest BCUT2D eigenvalue weighted by atomic mass is 35.5. The molecule has 2 aromatic heterocycles. The molecule has 0 radical (unpaired) electrons. The molecular weight excluding hydrogens is 288 g/mol. The number of ether oxygens (including phenoxy) is 1. The predicted molar refractivity (Wildman–Crippen MR) is 83.3 cm³/mol. The fraction of sp³-hybridized carbons (Fsp3) is 0.312. The predicted octanol–water partition coefficient (Wildman–Crippen LogP) is 3.78. The third kappa shape index (κ3) is 2.63. The Morgan fingerprint density at radius 2 is 2.14 bits per heavy atom. The highest BCUT2D eigenvalue weighted by molar-refractivity contribution is 6.17. The van der Waals surface area contributed by atoms with E-state index in [0.29, 0.717) is 18.8 Å². The van der Waals surface area contributed by atoms with Crippen molar-refractivity contribution in [2.24, 2.45) is 0 Å². The minimum Gasteiger partial charge on any atom is -0.494 e. The third-order valence-corrected chi connectivity index (χ3v) is 3.66. The average molecular weight is 305 g/mol. The largest absolute Gasteiger partial charge is 0.494 e. The second kappa shape index (κ2) is 5.82. The Labute approximate surface area is 128 Å². The molecular formula is C16H17ClN2O2. The van der Waals surface area contributed by atoms with Crippen molar-refractivity contribution in [3.8, 4) is 5.75 Å². The molecule has 0 amide bonds. The smallest absolute Gasteiger partial charge is 0.146 e. The van der Waals surface area contributed by atoms with Crippen LogP contribution in [0.3, 0.4) is 0 Å². The van der Waals surface area contributed by atoms with E-state index in [9.17, 15) is 0 Å². The minimum absolute atomic E-state index is 0.531. The van der Waals surface area contributed by atoms with E-state index in [0.717, 1.165) is 34.1 Å². The van der Waals surface area contributed by atoms with Gasteiger partial charge < -0.3 is 13.7 Å². The average Bonchev–Trinajstić information content (AvgIpc) is 3.04. The number of benzene rings is 1. The summed E-state index contributed by atoms with van der Waals surface area (Å²) in [5.41, 5.74) is 1.90. The van der Waals surface area contributed by atoms with Gasteiger partial charge in [-0.3, -0.25) is 0 Å². The lowest BCUT2D eigenvalue weighted by atomic mass is 10.3. The molecule has 0 bridgehead atoms. The second-order valence-electron chi connectivity index (χ2n) is 4.89. The van der Waals surface area contributed by atoms with Gasteiger partial charge in [-0.1, -0.05) is 6.07 Å². The molecule has 3 aromatic rings. The number of halogens is 1. The van der Waals surface area contributed by atoms with Crippen molar-refractivity contribution in [1.29, 1.82) is 0 Å². The Kier molecular flexibility index (Phi) is 3.88. The van der Waals surface area contributed by atoms with Crippen LogP contribution in [0.2, 0.25) is 0 Å². The van der Waals surface area contributed by atoms with Gasteiger partial charge in [0.2, 0.25) is 0 Å². The maximum atomic E-state index is 5.91. The maximum Gasteiger partial charge on any atom is 0.146 e. The molecule has 0 aliphatic rings. The summed E-state index contributed by atoms with van der Waals surface area (Å²) in [5.74, 6) is 4.07. The Hall–Kier alpha value is -1.94. The number of methoxy groups -OCH3 is 1. The van der Waals surface area contributed by atoms with E-state index >= 15 is 0 Å². The van der Waals surface area contributed by atoms with Crippen LogP contribution in [-0.4, -0.2) is 22.5 Å². The maximum absolute atomic E-state index is 5.91. The zero-order chi connectivity index (χ0) is 14.8. The van der Waals surface area contributed by atoms with Gasteiger partial charge in [0.05, 0.1) is 19.2 Å². The molecule has 0 aliphatic heterocycles. The molecule has 0 atom stereocenters. The molecule has 5 heteroatoms. The number of aryl methyl sites for hydroxylation is 2. The van der Waals surface area contributed by atoms with Crippen molar-refractivity contribution < 1.29 is 9.15 Å². The van der Waals surface area contributed by atoms with Gasteiger partial charge in [0.1, 0.15) is 28.6 Å². The first-order chi connectivity index (χ1) is 10.2. The van der Waals surface area contributed by atoms with E-state index in [2.05, 4.69) is 9.55 Å². The normalized spacial score (nSPS) is 11.2. The van der Waals surface area contributed by atoms with Crippen LogP contribution >= 0.6 is 11.6 Å². The highest BCUT2D eigenvalue weighted by Crippen LogP contribution is 2.27. The number of para-hydroxylation sites is 1. The second-order valence-corrected chi connectivity index (χ2v) is 5.27. The summed E-state index contributed by atoms with van der Waals surface area (Å²) in [6, 6.07) is 9.89. The Bertz CT molecular complexity index is 761. The summed E-state index contributed by atoms with van der Waals surface area (Å²) in [6.07, 6.45) is 0.707. The van der Waals surface area contributed by atoms with Crippen LogP contribution in [0.1, 0.15) is 17.3 Å². The van der Waals surface area contributed by atoms with Gasteiger partial charge in [-0.05, 0) is 31.2 Å². The van der Waals surface area contributed by atoms with Crippen LogP contribution in [0.5, 0.6) is 5.75 Å². The number of rotatable bonds is 5. The van der Waals surface area contributed by atoms with Gasteiger partial charge in [0, 0.05) is 12.3 Å². The molecule has 0 saturated carbocycles. The summed E-state index contributed by atoms with van der Waals surface area (Å²) >= 11 is 5.91. The summed E-state index contributed by atoms with van der Waals surface area (Å²) in [6.45, 7) is 2.59. The summed E-state index contributed by atoms with van der Waals surface area (Å²) in [7, 11) is 1.66. The van der Waals surface area contributed by atoms with E-state index in [-0.39, 0.29) is 0 Å². The first-order valence-corrected chi connectivity index (χ1v) is 7.39. The topological polar surface area (TPSA) is 40.2 Å². The van der Waals surface area contributed by atoms with Crippen LogP contribution in [-0.2, 0) is 13.0 Å². The number of aromatic nitrogens is 2. The van der Waals surface area contributed by atoms with Crippen LogP contribution in [0, 0.1) is 6.92 Å². The van der Waals surface area contributed by atoms with Crippen molar-refractivity contribution in [2.45, 2.75) is 19.9 Å². The molecule has 0 unspecified atom stereocenters. The summed E-state index contributed by atoms with van der Waals surface area (Å²) in [5, 5.41) is 0. The van der Waals surface area contributed by atoms with Crippen molar-refractivity contribution in [3.63, 3.8) is 0 Å². The van der Waals surface area contributed by atoms with E-state index in [4.69, 9.17) is 20.8 Å². The van der Waals surface area contributed by atoms with Crippen LogP contribution < -0.4 is 4.74 Å². The first kappa shape index (κ1) is 14.0. The van der Waals surface area contributed by atoms with Gasteiger partial charge in [0.25, 0.3) is 0 Å². The van der Waals surface area contributed by atoms with E-state index < -0.39 is 0 Å². The standard InChI is InChI=1S/C16H17ClN2O2/c1-11-6-7-12(21-11)10-19-13-4-3-5-14(20-2)16(13)18-15(19)8-9-17/h3-7H,8-10H2,1-2H3. The molecule has 110 valence electrons. The number of furan rings is 1. The first-order valence-electron chi connectivity index (χ1n) is 6.86. The number of hydrogen-bond acceptors (Lipinski definition) is 3. The minimum atomic E-state index is 0.531. The Morgan fingerprint density at radius 3 is 2.81 bits per heavy atom. The highest BCUT2D eigenvalue weighted by Gasteiger charge is 2.15. The number of fused-ring (bicyclic) bond motifs is 1. The molecule has 2 heterocycles. The molecule has 1 aromatic carbocycles. The van der Waals surface area contributed by atoms with Gasteiger partial charge in [-0.2, -0.15) is 0 Å². The summed E-state index contributed by atoms with van der Waals surface area (Å²) < 4.78 is 13.2. The lowest BCUT2D eigenvalue weighted by Gasteiger charge is -2.07. The van der Waals surface area contributed by atoms with Crippen molar-refractivity contribution in [3.05, 3.63) is 47.7 Å². The molecule has 21 heavy (non-hydrogen) atoms. The molecule has 3 rings (SSSR count). The summed E-state index contributed by atoms with van der Waals surface area (Å²) in [4.78, 5) is 4.69. The molecule has 0 saturated heterocycles.